The van der Waals surface area contributed by atoms with Crippen molar-refractivity contribution in [1.29, 1.82) is 0 Å². The van der Waals surface area contributed by atoms with Crippen LogP contribution in [-0.4, -0.2) is 25.1 Å². The zero-order valence-corrected chi connectivity index (χ0v) is 12.0. The van der Waals surface area contributed by atoms with Gasteiger partial charge in [-0.05, 0) is 23.8 Å². The first kappa shape index (κ1) is 15.1. The number of aromatic hydroxyl groups is 1. The molecule has 0 aliphatic rings. The fourth-order valence-electron chi connectivity index (χ4n) is 1.43. The largest absolute Gasteiger partial charge is 0.502 e. The summed E-state index contributed by atoms with van der Waals surface area (Å²) < 4.78 is 10.1. The van der Waals surface area contributed by atoms with Crippen molar-refractivity contribution in [3.63, 3.8) is 0 Å². The molecule has 0 bridgehead atoms. The van der Waals surface area contributed by atoms with Gasteiger partial charge in [-0.2, -0.15) is 0 Å². The molecule has 0 radical (unpaired) electrons. The van der Waals surface area contributed by atoms with Crippen LogP contribution in [0.3, 0.4) is 0 Å². The lowest BCUT2D eigenvalue weighted by molar-refractivity contribution is -0.121. The second-order valence-corrected chi connectivity index (χ2v) is 5.22. The van der Waals surface area contributed by atoms with Crippen molar-refractivity contribution in [1.82, 2.24) is 0 Å². The van der Waals surface area contributed by atoms with E-state index in [1.165, 1.54) is 20.3 Å². The Morgan fingerprint density at radius 3 is 2.00 bits per heavy atom. The molecule has 0 unspecified atom stereocenters. The number of phenolic OH excluding ortho intramolecular Hbond substituents is 1. The SMILES string of the molecule is COc1cc(C=CC(=O)C(C)(C)C)cc(OC)c1O. The Morgan fingerprint density at radius 2 is 1.63 bits per heavy atom. The maximum Gasteiger partial charge on any atom is 0.200 e. The number of methoxy groups -OCH3 is 2. The van der Waals surface area contributed by atoms with Gasteiger partial charge in [-0.25, -0.2) is 0 Å². The van der Waals surface area contributed by atoms with Gasteiger partial charge in [0.05, 0.1) is 14.2 Å². The van der Waals surface area contributed by atoms with Crippen molar-refractivity contribution in [3.05, 3.63) is 23.8 Å². The third-order valence-electron chi connectivity index (χ3n) is 2.67. The number of carbonyl (C=O) groups excluding carboxylic acids is 1. The third-order valence-corrected chi connectivity index (χ3v) is 2.67. The third kappa shape index (κ3) is 3.74. The van der Waals surface area contributed by atoms with Crippen molar-refractivity contribution < 1.29 is 19.4 Å². The van der Waals surface area contributed by atoms with Crippen LogP contribution in [0.5, 0.6) is 17.2 Å². The monoisotopic (exact) mass is 264 g/mol. The van der Waals surface area contributed by atoms with Crippen molar-refractivity contribution in [2.75, 3.05) is 14.2 Å². The van der Waals surface area contributed by atoms with E-state index in [2.05, 4.69) is 0 Å². The fraction of sp³-hybridized carbons (Fsp3) is 0.400. The predicted octanol–water partition coefficient (Wildman–Crippen LogP) is 3.04. The molecule has 1 aromatic carbocycles. The first-order valence-corrected chi connectivity index (χ1v) is 5.97. The van der Waals surface area contributed by atoms with Crippen LogP contribution in [0.1, 0.15) is 26.3 Å². The Labute approximate surface area is 113 Å². The van der Waals surface area contributed by atoms with Crippen LogP contribution in [0.25, 0.3) is 6.08 Å². The Balaban J connectivity index is 3.09. The topological polar surface area (TPSA) is 55.8 Å². The highest BCUT2D eigenvalue weighted by atomic mass is 16.5. The highest BCUT2D eigenvalue weighted by Crippen LogP contribution is 2.37. The van der Waals surface area contributed by atoms with E-state index in [1.54, 1.807) is 18.2 Å². The summed E-state index contributed by atoms with van der Waals surface area (Å²) in [5, 5.41) is 9.78. The Bertz CT molecular complexity index is 470. The van der Waals surface area contributed by atoms with Gasteiger partial charge in [-0.15, -0.1) is 0 Å². The van der Waals surface area contributed by atoms with Crippen molar-refractivity contribution in [2.45, 2.75) is 20.8 Å². The summed E-state index contributed by atoms with van der Waals surface area (Å²) in [6, 6.07) is 3.29. The minimum Gasteiger partial charge on any atom is -0.502 e. The maximum atomic E-state index is 11.8. The van der Waals surface area contributed by atoms with E-state index in [1.807, 2.05) is 20.8 Å². The number of hydrogen-bond donors (Lipinski definition) is 1. The van der Waals surface area contributed by atoms with Gasteiger partial charge in [0.15, 0.2) is 17.3 Å². The zero-order valence-electron chi connectivity index (χ0n) is 12.0. The molecule has 0 spiro atoms. The first-order chi connectivity index (χ1) is 8.79. The molecular formula is C15H20O4. The van der Waals surface area contributed by atoms with Gasteiger partial charge in [-0.1, -0.05) is 26.8 Å². The Morgan fingerprint density at radius 1 is 1.16 bits per heavy atom. The molecule has 1 N–H and O–H groups in total. The molecule has 0 aromatic heterocycles. The Kier molecular flexibility index (Phi) is 4.59. The highest BCUT2D eigenvalue weighted by molar-refractivity contribution is 5.97. The molecular weight excluding hydrogens is 244 g/mol. The van der Waals surface area contributed by atoms with Crippen LogP contribution < -0.4 is 9.47 Å². The van der Waals surface area contributed by atoms with Crippen LogP contribution in [0.4, 0.5) is 0 Å². The van der Waals surface area contributed by atoms with Gasteiger partial charge in [0, 0.05) is 5.41 Å². The number of allylic oxidation sites excluding steroid dienone is 1. The van der Waals surface area contributed by atoms with Gasteiger partial charge in [0.2, 0.25) is 5.75 Å². The van der Waals surface area contributed by atoms with Gasteiger partial charge >= 0.3 is 0 Å². The minimum atomic E-state index is -0.415. The average Bonchev–Trinajstić information content (AvgIpc) is 2.35. The minimum absolute atomic E-state index is 0.0264. The van der Waals surface area contributed by atoms with Gasteiger partial charge in [-0.3, -0.25) is 4.79 Å². The summed E-state index contributed by atoms with van der Waals surface area (Å²) in [6.45, 7) is 5.58. The van der Waals surface area contributed by atoms with Crippen molar-refractivity contribution in [2.24, 2.45) is 5.41 Å². The summed E-state index contributed by atoms with van der Waals surface area (Å²) in [6.07, 6.45) is 3.20. The van der Waals surface area contributed by atoms with E-state index in [-0.39, 0.29) is 11.5 Å². The lowest BCUT2D eigenvalue weighted by atomic mass is 9.90. The first-order valence-electron chi connectivity index (χ1n) is 5.97. The normalized spacial score (nSPS) is 11.6. The highest BCUT2D eigenvalue weighted by Gasteiger charge is 2.18. The van der Waals surface area contributed by atoms with E-state index in [4.69, 9.17) is 9.47 Å². The van der Waals surface area contributed by atoms with Gasteiger partial charge in [0.1, 0.15) is 0 Å². The summed E-state index contributed by atoms with van der Waals surface area (Å²) in [4.78, 5) is 11.8. The molecule has 19 heavy (non-hydrogen) atoms. The van der Waals surface area contributed by atoms with Crippen molar-refractivity contribution in [3.8, 4) is 17.2 Å². The van der Waals surface area contributed by atoms with Crippen LogP contribution >= 0.6 is 0 Å². The predicted molar refractivity (Wildman–Crippen MR) is 74.7 cm³/mol. The molecule has 0 saturated heterocycles. The molecule has 0 saturated carbocycles. The van der Waals surface area contributed by atoms with Crippen LogP contribution in [-0.2, 0) is 4.79 Å². The molecule has 0 aliphatic heterocycles. The number of ether oxygens (including phenoxy) is 2. The fourth-order valence-corrected chi connectivity index (χ4v) is 1.43. The second kappa shape index (κ2) is 5.78. The molecule has 0 atom stereocenters. The Hall–Kier alpha value is -1.97. The molecule has 1 aromatic rings. The van der Waals surface area contributed by atoms with Gasteiger partial charge < -0.3 is 14.6 Å². The molecule has 0 aliphatic carbocycles. The second-order valence-electron chi connectivity index (χ2n) is 5.22. The maximum absolute atomic E-state index is 11.8. The smallest absolute Gasteiger partial charge is 0.200 e. The summed E-state index contributed by atoms with van der Waals surface area (Å²) in [5.74, 6) is 0.590. The van der Waals surface area contributed by atoms with Crippen LogP contribution in [0.2, 0.25) is 0 Å². The molecule has 0 fully saturated rings. The lowest BCUT2D eigenvalue weighted by Gasteiger charge is -2.13. The number of carbonyl (C=O) groups is 1. The number of rotatable bonds is 4. The zero-order chi connectivity index (χ0) is 14.6. The average molecular weight is 264 g/mol. The molecule has 1 rings (SSSR count). The van der Waals surface area contributed by atoms with Crippen LogP contribution in [0, 0.1) is 5.41 Å². The lowest BCUT2D eigenvalue weighted by Crippen LogP contribution is -2.17. The molecule has 4 nitrogen and oxygen atoms in total. The molecule has 104 valence electrons. The molecule has 0 amide bonds. The van der Waals surface area contributed by atoms with E-state index in [0.29, 0.717) is 11.5 Å². The summed E-state index contributed by atoms with van der Waals surface area (Å²) in [7, 11) is 2.92. The summed E-state index contributed by atoms with van der Waals surface area (Å²) >= 11 is 0. The van der Waals surface area contributed by atoms with E-state index in [0.717, 1.165) is 5.56 Å². The van der Waals surface area contributed by atoms with Gasteiger partial charge in [0.25, 0.3) is 0 Å². The van der Waals surface area contributed by atoms with Crippen molar-refractivity contribution >= 4 is 11.9 Å². The number of phenols is 1. The van der Waals surface area contributed by atoms with E-state index < -0.39 is 5.41 Å². The number of hydrogen-bond acceptors (Lipinski definition) is 4. The van der Waals surface area contributed by atoms with E-state index in [9.17, 15) is 9.90 Å². The molecule has 0 heterocycles. The number of ketones is 1. The quantitative estimate of drug-likeness (QED) is 0.849. The summed E-state index contributed by atoms with van der Waals surface area (Å²) in [5.41, 5.74) is 0.311. The standard InChI is InChI=1S/C15H20O4/c1-15(2,3)13(16)7-6-10-8-11(18-4)14(17)12(9-10)19-5/h6-9,17H,1-5H3. The molecule has 4 heteroatoms. The number of benzene rings is 1. The van der Waals surface area contributed by atoms with Crippen LogP contribution in [0.15, 0.2) is 18.2 Å². The van der Waals surface area contributed by atoms with E-state index >= 15 is 0 Å².